The maximum atomic E-state index is 5.95. The lowest BCUT2D eigenvalue weighted by Crippen LogP contribution is -2.21. The average molecular weight is 312 g/mol. The van der Waals surface area contributed by atoms with E-state index >= 15 is 0 Å². The second-order valence-electron chi connectivity index (χ2n) is 5.42. The van der Waals surface area contributed by atoms with Crippen LogP contribution in [0.25, 0.3) is 11.6 Å². The quantitative estimate of drug-likeness (QED) is 0.740. The van der Waals surface area contributed by atoms with E-state index in [9.17, 15) is 0 Å². The highest BCUT2D eigenvalue weighted by Gasteiger charge is 2.24. The van der Waals surface area contributed by atoms with Crippen molar-refractivity contribution in [1.82, 2.24) is 19.9 Å². The molecule has 118 valence electrons. The van der Waals surface area contributed by atoms with Gasteiger partial charge in [0, 0.05) is 0 Å². The number of fused-ring (bicyclic) bond motifs is 1. The molecule has 0 amide bonds. The third-order valence-electron chi connectivity index (χ3n) is 3.87. The van der Waals surface area contributed by atoms with Crippen LogP contribution in [0.1, 0.15) is 23.2 Å². The van der Waals surface area contributed by atoms with Gasteiger partial charge in [-0.25, -0.2) is 0 Å². The molecule has 1 aliphatic heterocycles. The third-order valence-corrected chi connectivity index (χ3v) is 3.87. The number of benzene rings is 1. The Morgan fingerprint density at radius 1 is 1.26 bits per heavy atom. The smallest absolute Gasteiger partial charge is 0.278 e. The van der Waals surface area contributed by atoms with Crippen molar-refractivity contribution in [2.75, 3.05) is 7.11 Å². The van der Waals surface area contributed by atoms with Crippen molar-refractivity contribution in [2.45, 2.75) is 26.2 Å². The highest BCUT2D eigenvalue weighted by Crippen LogP contribution is 2.29. The molecule has 1 aliphatic rings. The summed E-state index contributed by atoms with van der Waals surface area (Å²) in [6.07, 6.45) is -0.0365. The van der Waals surface area contributed by atoms with Crippen molar-refractivity contribution in [2.24, 2.45) is 0 Å². The zero-order valence-corrected chi connectivity index (χ0v) is 12.9. The van der Waals surface area contributed by atoms with E-state index in [1.165, 1.54) is 0 Å². The van der Waals surface area contributed by atoms with Gasteiger partial charge in [-0.1, -0.05) is 17.3 Å². The first-order valence-corrected chi connectivity index (χ1v) is 7.36. The predicted molar refractivity (Wildman–Crippen MR) is 80.8 cm³/mol. The SMILES string of the molecule is COc1ccc([C@H]2Cn3nc(-c4nc(C)no4)cc3CO2)cc1. The van der Waals surface area contributed by atoms with Crippen molar-refractivity contribution < 1.29 is 14.0 Å². The van der Waals surface area contributed by atoms with Gasteiger partial charge in [-0.15, -0.1) is 0 Å². The summed E-state index contributed by atoms with van der Waals surface area (Å²) in [4.78, 5) is 4.21. The van der Waals surface area contributed by atoms with Crippen LogP contribution in [0.15, 0.2) is 34.9 Å². The van der Waals surface area contributed by atoms with Gasteiger partial charge in [0.25, 0.3) is 5.89 Å². The van der Waals surface area contributed by atoms with Crippen molar-refractivity contribution in [3.63, 3.8) is 0 Å². The van der Waals surface area contributed by atoms with E-state index in [0.29, 0.717) is 30.6 Å². The van der Waals surface area contributed by atoms with Crippen LogP contribution in [0.5, 0.6) is 5.75 Å². The molecular weight excluding hydrogens is 296 g/mol. The predicted octanol–water partition coefficient (Wildman–Crippen LogP) is 2.52. The van der Waals surface area contributed by atoms with Crippen molar-refractivity contribution >= 4 is 0 Å². The van der Waals surface area contributed by atoms with Crippen LogP contribution < -0.4 is 4.74 Å². The van der Waals surface area contributed by atoms with Gasteiger partial charge in [-0.3, -0.25) is 4.68 Å². The standard InChI is InChI=1S/C16H16N4O3/c1-10-17-16(23-19-10)14-7-12-9-22-15(8-20(12)18-14)11-3-5-13(21-2)6-4-11/h3-7,15H,8-9H2,1-2H3/t15-/m1/s1. The van der Waals surface area contributed by atoms with Gasteiger partial charge in [0.05, 0.1) is 26.0 Å². The summed E-state index contributed by atoms with van der Waals surface area (Å²) < 4.78 is 18.2. The summed E-state index contributed by atoms with van der Waals surface area (Å²) >= 11 is 0. The van der Waals surface area contributed by atoms with Crippen LogP contribution in [0, 0.1) is 6.92 Å². The van der Waals surface area contributed by atoms with E-state index in [4.69, 9.17) is 14.0 Å². The molecule has 0 bridgehead atoms. The number of aromatic nitrogens is 4. The van der Waals surface area contributed by atoms with Crippen LogP contribution in [-0.2, 0) is 17.9 Å². The highest BCUT2D eigenvalue weighted by molar-refractivity contribution is 5.47. The molecule has 0 saturated carbocycles. The Morgan fingerprint density at radius 2 is 2.09 bits per heavy atom. The molecule has 1 aromatic carbocycles. The Hall–Kier alpha value is -2.67. The molecule has 0 unspecified atom stereocenters. The minimum Gasteiger partial charge on any atom is -0.497 e. The minimum atomic E-state index is -0.0365. The van der Waals surface area contributed by atoms with E-state index in [2.05, 4.69) is 15.2 Å². The van der Waals surface area contributed by atoms with Gasteiger partial charge in [0.2, 0.25) is 0 Å². The van der Waals surface area contributed by atoms with E-state index in [-0.39, 0.29) is 6.10 Å². The molecule has 0 spiro atoms. The second-order valence-corrected chi connectivity index (χ2v) is 5.42. The maximum absolute atomic E-state index is 5.95. The fraction of sp³-hybridized carbons (Fsp3) is 0.312. The van der Waals surface area contributed by atoms with E-state index in [0.717, 1.165) is 17.0 Å². The van der Waals surface area contributed by atoms with Crippen molar-refractivity contribution in [3.8, 4) is 17.3 Å². The average Bonchev–Trinajstić information content (AvgIpc) is 3.20. The van der Waals surface area contributed by atoms with E-state index < -0.39 is 0 Å². The van der Waals surface area contributed by atoms with Gasteiger partial charge < -0.3 is 14.0 Å². The summed E-state index contributed by atoms with van der Waals surface area (Å²) in [6.45, 7) is 2.93. The molecule has 1 atom stereocenters. The fourth-order valence-electron chi connectivity index (χ4n) is 2.65. The molecule has 3 aromatic rings. The van der Waals surface area contributed by atoms with Gasteiger partial charge in [0.15, 0.2) is 11.5 Å². The molecule has 0 N–H and O–H groups in total. The first-order chi connectivity index (χ1) is 11.2. The molecule has 7 heteroatoms. The number of aryl methyl sites for hydroxylation is 1. The number of hydrogen-bond donors (Lipinski definition) is 0. The normalized spacial score (nSPS) is 17.0. The summed E-state index contributed by atoms with van der Waals surface area (Å²) in [5, 5.41) is 8.36. The van der Waals surface area contributed by atoms with E-state index in [1.807, 2.05) is 35.0 Å². The molecule has 0 saturated heterocycles. The third kappa shape index (κ3) is 2.59. The number of rotatable bonds is 3. The van der Waals surface area contributed by atoms with Crippen LogP contribution in [-0.4, -0.2) is 27.0 Å². The Labute approximate surface area is 132 Å². The second kappa shape index (κ2) is 5.51. The molecule has 7 nitrogen and oxygen atoms in total. The van der Waals surface area contributed by atoms with Crippen LogP contribution in [0.2, 0.25) is 0 Å². The molecule has 0 radical (unpaired) electrons. The highest BCUT2D eigenvalue weighted by atomic mass is 16.5. The molecule has 3 heterocycles. The summed E-state index contributed by atoms with van der Waals surface area (Å²) in [5.74, 6) is 1.86. The largest absolute Gasteiger partial charge is 0.497 e. The summed E-state index contributed by atoms with van der Waals surface area (Å²) in [6, 6.07) is 9.83. The zero-order chi connectivity index (χ0) is 15.8. The molecule has 0 fully saturated rings. The van der Waals surface area contributed by atoms with Crippen molar-refractivity contribution in [3.05, 3.63) is 47.4 Å². The Balaban J connectivity index is 1.58. The number of ether oxygens (including phenoxy) is 2. The Kier molecular flexibility index (Phi) is 3.34. The Bertz CT molecular complexity index is 822. The monoisotopic (exact) mass is 312 g/mol. The zero-order valence-electron chi connectivity index (χ0n) is 12.9. The maximum Gasteiger partial charge on any atom is 0.278 e. The van der Waals surface area contributed by atoms with E-state index in [1.54, 1.807) is 14.0 Å². The minimum absolute atomic E-state index is 0.0365. The van der Waals surface area contributed by atoms with Gasteiger partial charge in [0.1, 0.15) is 11.9 Å². The lowest BCUT2D eigenvalue weighted by molar-refractivity contribution is -0.00115. The number of hydrogen-bond acceptors (Lipinski definition) is 6. The van der Waals surface area contributed by atoms with Crippen LogP contribution >= 0.6 is 0 Å². The topological polar surface area (TPSA) is 75.2 Å². The number of nitrogens with zero attached hydrogens (tertiary/aromatic N) is 4. The molecular formula is C16H16N4O3. The van der Waals surface area contributed by atoms with Gasteiger partial charge in [-0.2, -0.15) is 10.1 Å². The van der Waals surface area contributed by atoms with Gasteiger partial charge >= 0.3 is 0 Å². The van der Waals surface area contributed by atoms with Crippen LogP contribution in [0.3, 0.4) is 0 Å². The lowest BCUT2D eigenvalue weighted by atomic mass is 10.1. The fourth-order valence-corrected chi connectivity index (χ4v) is 2.65. The molecule has 2 aromatic heterocycles. The molecule has 4 rings (SSSR count). The molecule has 23 heavy (non-hydrogen) atoms. The molecule has 0 aliphatic carbocycles. The first-order valence-electron chi connectivity index (χ1n) is 7.36. The number of methoxy groups -OCH3 is 1. The lowest BCUT2D eigenvalue weighted by Gasteiger charge is -2.24. The van der Waals surface area contributed by atoms with Crippen molar-refractivity contribution in [1.29, 1.82) is 0 Å². The van der Waals surface area contributed by atoms with Crippen LogP contribution in [0.4, 0.5) is 0 Å². The van der Waals surface area contributed by atoms with Gasteiger partial charge in [-0.05, 0) is 30.7 Å². The first kappa shape index (κ1) is 14.0. The Morgan fingerprint density at radius 3 is 2.78 bits per heavy atom. The summed E-state index contributed by atoms with van der Waals surface area (Å²) in [7, 11) is 1.66. The summed E-state index contributed by atoms with van der Waals surface area (Å²) in [5.41, 5.74) is 2.78.